The van der Waals surface area contributed by atoms with E-state index < -0.39 is 15.6 Å². The van der Waals surface area contributed by atoms with Gasteiger partial charge in [-0.1, -0.05) is 42.4 Å². The molecule has 6 nitrogen and oxygen atoms in total. The van der Waals surface area contributed by atoms with E-state index in [9.17, 15) is 8.42 Å². The summed E-state index contributed by atoms with van der Waals surface area (Å²) in [6.07, 6.45) is 0.611. The summed E-state index contributed by atoms with van der Waals surface area (Å²) in [4.78, 5) is 4.19. The van der Waals surface area contributed by atoms with Crippen molar-refractivity contribution < 1.29 is 12.9 Å². The van der Waals surface area contributed by atoms with Gasteiger partial charge in [-0.3, -0.25) is 0 Å². The number of aromatic nitrogens is 2. The molecule has 0 fully saturated rings. The highest BCUT2D eigenvalue weighted by atomic mass is 32.2. The Morgan fingerprint density at radius 1 is 1.24 bits per heavy atom. The Labute approximate surface area is 124 Å². The van der Waals surface area contributed by atoms with Gasteiger partial charge >= 0.3 is 0 Å². The standard InChI is InChI=1S/C14H19N3O3S/c1-4-12-15-13(16-20-12)14(2,3)17-21(18,19)10-11-8-6-5-7-9-11/h5-9,17H,4,10H2,1-3H3. The second-order valence-corrected chi connectivity index (χ2v) is 7.06. The van der Waals surface area contributed by atoms with Gasteiger partial charge < -0.3 is 4.52 Å². The lowest BCUT2D eigenvalue weighted by Gasteiger charge is -2.22. The first-order chi connectivity index (χ1) is 9.82. The predicted octanol–water partition coefficient (Wildman–Crippen LogP) is 1.99. The van der Waals surface area contributed by atoms with Crippen molar-refractivity contribution in [3.63, 3.8) is 0 Å². The Hall–Kier alpha value is -1.73. The van der Waals surface area contributed by atoms with E-state index in [1.165, 1.54) is 0 Å². The smallest absolute Gasteiger partial charge is 0.226 e. The fourth-order valence-corrected chi connectivity index (χ4v) is 3.49. The van der Waals surface area contributed by atoms with Crippen LogP contribution in [0.1, 0.15) is 38.0 Å². The van der Waals surface area contributed by atoms with E-state index in [1.54, 1.807) is 26.0 Å². The number of benzene rings is 1. The van der Waals surface area contributed by atoms with Gasteiger partial charge in [0.1, 0.15) is 0 Å². The number of nitrogens with one attached hydrogen (secondary N) is 1. The highest BCUT2D eigenvalue weighted by Crippen LogP contribution is 2.19. The van der Waals surface area contributed by atoms with Gasteiger partial charge in [0, 0.05) is 6.42 Å². The molecule has 0 aliphatic heterocycles. The van der Waals surface area contributed by atoms with Crippen molar-refractivity contribution >= 4 is 10.0 Å². The summed E-state index contributed by atoms with van der Waals surface area (Å²) in [6, 6.07) is 9.01. The van der Waals surface area contributed by atoms with E-state index in [-0.39, 0.29) is 5.75 Å². The minimum absolute atomic E-state index is 0.0875. The molecular formula is C14H19N3O3S. The van der Waals surface area contributed by atoms with Crippen molar-refractivity contribution in [3.8, 4) is 0 Å². The van der Waals surface area contributed by atoms with Crippen molar-refractivity contribution in [1.82, 2.24) is 14.9 Å². The summed E-state index contributed by atoms with van der Waals surface area (Å²) >= 11 is 0. The van der Waals surface area contributed by atoms with E-state index in [0.29, 0.717) is 18.1 Å². The molecule has 2 rings (SSSR count). The fourth-order valence-electron chi connectivity index (χ4n) is 1.92. The maximum absolute atomic E-state index is 12.3. The summed E-state index contributed by atoms with van der Waals surface area (Å²) in [7, 11) is -3.51. The summed E-state index contributed by atoms with van der Waals surface area (Å²) < 4.78 is 32.2. The summed E-state index contributed by atoms with van der Waals surface area (Å²) in [6.45, 7) is 5.31. The summed E-state index contributed by atoms with van der Waals surface area (Å²) in [5.41, 5.74) is -0.201. The molecule has 0 atom stereocenters. The Bertz CT molecular complexity index is 693. The molecule has 0 unspecified atom stereocenters. The van der Waals surface area contributed by atoms with Gasteiger partial charge in [0.15, 0.2) is 5.82 Å². The number of aryl methyl sites for hydroxylation is 1. The molecule has 0 aliphatic carbocycles. The number of hydrogen-bond donors (Lipinski definition) is 1. The molecule has 0 saturated heterocycles. The van der Waals surface area contributed by atoms with Crippen LogP contribution in [0.4, 0.5) is 0 Å². The third-order valence-corrected chi connectivity index (χ3v) is 4.47. The van der Waals surface area contributed by atoms with Gasteiger partial charge in [-0.15, -0.1) is 0 Å². The predicted molar refractivity (Wildman–Crippen MR) is 78.9 cm³/mol. The monoisotopic (exact) mass is 309 g/mol. The zero-order valence-electron chi connectivity index (χ0n) is 12.3. The zero-order valence-corrected chi connectivity index (χ0v) is 13.1. The third-order valence-electron chi connectivity index (χ3n) is 2.94. The minimum atomic E-state index is -3.51. The molecule has 0 saturated carbocycles. The second-order valence-electron chi connectivity index (χ2n) is 5.34. The van der Waals surface area contributed by atoms with Crippen molar-refractivity contribution in [2.45, 2.75) is 38.5 Å². The average Bonchev–Trinajstić information content (AvgIpc) is 2.87. The highest BCUT2D eigenvalue weighted by molar-refractivity contribution is 7.88. The Morgan fingerprint density at radius 3 is 2.48 bits per heavy atom. The first kappa shape index (κ1) is 15.7. The van der Waals surface area contributed by atoms with Crippen LogP contribution in [0, 0.1) is 0 Å². The lowest BCUT2D eigenvalue weighted by molar-refractivity contribution is 0.356. The normalized spacial score (nSPS) is 12.5. The Morgan fingerprint density at radius 2 is 1.90 bits per heavy atom. The van der Waals surface area contributed by atoms with Gasteiger partial charge in [-0.2, -0.15) is 4.98 Å². The quantitative estimate of drug-likeness (QED) is 0.882. The molecule has 114 valence electrons. The topological polar surface area (TPSA) is 85.1 Å². The lowest BCUT2D eigenvalue weighted by Crippen LogP contribution is -2.42. The molecule has 1 aromatic heterocycles. The number of nitrogens with zero attached hydrogens (tertiary/aromatic N) is 2. The SMILES string of the molecule is CCc1nc(C(C)(C)NS(=O)(=O)Cc2ccccc2)no1. The fraction of sp³-hybridized carbons (Fsp3) is 0.429. The lowest BCUT2D eigenvalue weighted by atomic mass is 10.1. The molecule has 1 aromatic carbocycles. The zero-order chi connectivity index (χ0) is 15.5. The van der Waals surface area contributed by atoms with Crippen LogP contribution in [0.2, 0.25) is 0 Å². The van der Waals surface area contributed by atoms with Crippen molar-refractivity contribution in [3.05, 3.63) is 47.6 Å². The Balaban J connectivity index is 2.14. The van der Waals surface area contributed by atoms with Gasteiger partial charge in [0.05, 0.1) is 11.3 Å². The first-order valence-electron chi connectivity index (χ1n) is 6.71. The average molecular weight is 309 g/mol. The van der Waals surface area contributed by atoms with E-state index >= 15 is 0 Å². The van der Waals surface area contributed by atoms with E-state index in [1.807, 2.05) is 25.1 Å². The molecule has 21 heavy (non-hydrogen) atoms. The van der Waals surface area contributed by atoms with Crippen LogP contribution in [0.25, 0.3) is 0 Å². The minimum Gasteiger partial charge on any atom is -0.339 e. The van der Waals surface area contributed by atoms with Crippen LogP contribution in [0.3, 0.4) is 0 Å². The molecule has 0 radical (unpaired) electrons. The summed E-state index contributed by atoms with van der Waals surface area (Å²) in [5, 5.41) is 3.84. The molecule has 0 bridgehead atoms. The van der Waals surface area contributed by atoms with Gasteiger partial charge in [-0.05, 0) is 19.4 Å². The van der Waals surface area contributed by atoms with Gasteiger partial charge in [0.25, 0.3) is 0 Å². The van der Waals surface area contributed by atoms with Crippen molar-refractivity contribution in [2.75, 3.05) is 0 Å². The number of rotatable bonds is 6. The molecule has 0 amide bonds. The molecule has 1 N–H and O–H groups in total. The summed E-state index contributed by atoms with van der Waals surface area (Å²) in [5.74, 6) is 0.728. The van der Waals surface area contributed by atoms with Gasteiger partial charge in [-0.25, -0.2) is 13.1 Å². The van der Waals surface area contributed by atoms with E-state index in [0.717, 1.165) is 5.56 Å². The van der Waals surface area contributed by atoms with Crippen LogP contribution in [-0.2, 0) is 27.7 Å². The van der Waals surface area contributed by atoms with Crippen LogP contribution >= 0.6 is 0 Å². The van der Waals surface area contributed by atoms with Gasteiger partial charge in [0.2, 0.25) is 15.9 Å². The molecular weight excluding hydrogens is 290 g/mol. The van der Waals surface area contributed by atoms with Crippen LogP contribution in [0.15, 0.2) is 34.9 Å². The second kappa shape index (κ2) is 5.95. The maximum atomic E-state index is 12.3. The highest BCUT2D eigenvalue weighted by Gasteiger charge is 2.31. The third kappa shape index (κ3) is 4.12. The number of sulfonamides is 1. The largest absolute Gasteiger partial charge is 0.339 e. The first-order valence-corrected chi connectivity index (χ1v) is 8.36. The van der Waals surface area contributed by atoms with E-state index in [4.69, 9.17) is 4.52 Å². The maximum Gasteiger partial charge on any atom is 0.226 e. The van der Waals surface area contributed by atoms with E-state index in [2.05, 4.69) is 14.9 Å². The molecule has 0 spiro atoms. The number of hydrogen-bond acceptors (Lipinski definition) is 5. The molecule has 2 aromatic rings. The Kier molecular flexibility index (Phi) is 4.43. The van der Waals surface area contributed by atoms with Crippen LogP contribution in [-0.4, -0.2) is 18.6 Å². The van der Waals surface area contributed by atoms with Crippen LogP contribution in [0.5, 0.6) is 0 Å². The van der Waals surface area contributed by atoms with Crippen LogP contribution < -0.4 is 4.72 Å². The molecule has 1 heterocycles. The molecule has 7 heteroatoms. The van der Waals surface area contributed by atoms with Crippen molar-refractivity contribution in [2.24, 2.45) is 0 Å². The molecule has 0 aliphatic rings. The van der Waals surface area contributed by atoms with Crippen molar-refractivity contribution in [1.29, 1.82) is 0 Å².